The largest absolute Gasteiger partial charge is 0.484 e. The first-order valence-corrected chi connectivity index (χ1v) is 10.4. The first-order chi connectivity index (χ1) is 12.8. The van der Waals surface area contributed by atoms with E-state index in [2.05, 4.69) is 27.6 Å². The number of nitrogens with zero attached hydrogens (tertiary/aromatic N) is 3. The first-order valence-electron chi connectivity index (χ1n) is 8.31. The number of pyridine rings is 1. The first kappa shape index (κ1) is 17.2. The zero-order chi connectivity index (χ0) is 17.8. The van der Waals surface area contributed by atoms with E-state index >= 15 is 0 Å². The Kier molecular flexibility index (Phi) is 5.31. The molecule has 3 heterocycles. The second-order valence-corrected chi connectivity index (χ2v) is 8.48. The van der Waals surface area contributed by atoms with E-state index in [4.69, 9.17) is 4.74 Å². The Labute approximate surface area is 159 Å². The van der Waals surface area contributed by atoms with Crippen molar-refractivity contribution in [3.63, 3.8) is 0 Å². The summed E-state index contributed by atoms with van der Waals surface area (Å²) in [5.74, 6) is 3.60. The van der Waals surface area contributed by atoms with Gasteiger partial charge in [0.2, 0.25) is 0 Å². The molecule has 0 aliphatic carbocycles. The third kappa shape index (κ3) is 3.96. The maximum Gasteiger partial charge on any atom is 0.258 e. The number of thioether (sulfide) groups is 2. The number of nitrogens with one attached hydrogen (secondary N) is 1. The fraction of sp³-hybridized carbons (Fsp3) is 0.278. The van der Waals surface area contributed by atoms with Crippen molar-refractivity contribution in [3.05, 3.63) is 60.0 Å². The van der Waals surface area contributed by atoms with Crippen molar-refractivity contribution < 1.29 is 9.53 Å². The molecule has 1 aliphatic heterocycles. The van der Waals surface area contributed by atoms with Gasteiger partial charge in [0.1, 0.15) is 5.75 Å². The summed E-state index contributed by atoms with van der Waals surface area (Å²) in [6.45, 7) is 0.283. The van der Waals surface area contributed by atoms with Gasteiger partial charge >= 0.3 is 0 Å². The zero-order valence-corrected chi connectivity index (χ0v) is 15.6. The van der Waals surface area contributed by atoms with Gasteiger partial charge in [-0.2, -0.15) is 0 Å². The Morgan fingerprint density at radius 1 is 1.15 bits per heavy atom. The molecule has 6 nitrogen and oxygen atoms in total. The van der Waals surface area contributed by atoms with Crippen LogP contribution in [0.15, 0.2) is 48.7 Å². The molecule has 1 aromatic carbocycles. The van der Waals surface area contributed by atoms with E-state index in [1.165, 1.54) is 17.1 Å². The molecule has 0 saturated carbocycles. The molecule has 1 fully saturated rings. The lowest BCUT2D eigenvalue weighted by Gasteiger charge is -2.10. The lowest BCUT2D eigenvalue weighted by Crippen LogP contribution is -2.29. The predicted molar refractivity (Wildman–Crippen MR) is 104 cm³/mol. The molecule has 4 rings (SSSR count). The van der Waals surface area contributed by atoms with E-state index in [1.54, 1.807) is 0 Å². The Morgan fingerprint density at radius 2 is 1.96 bits per heavy atom. The molecule has 1 aliphatic rings. The van der Waals surface area contributed by atoms with Gasteiger partial charge in [-0.1, -0.05) is 18.2 Å². The number of carbonyl (C=O) groups excluding carboxylic acids is 1. The molecule has 2 aromatic heterocycles. The SMILES string of the molecule is O=C(COc1ccc(C2SCCS2)cc1)NCc1nnc2ccccn12. The summed E-state index contributed by atoms with van der Waals surface area (Å²) < 4.78 is 7.94. The van der Waals surface area contributed by atoms with E-state index in [1.807, 2.05) is 64.5 Å². The zero-order valence-electron chi connectivity index (χ0n) is 14.0. The minimum atomic E-state index is -0.191. The van der Waals surface area contributed by atoms with Crippen molar-refractivity contribution in [2.45, 2.75) is 11.1 Å². The molecule has 1 amide bonds. The molecule has 26 heavy (non-hydrogen) atoms. The fourth-order valence-electron chi connectivity index (χ4n) is 2.66. The minimum absolute atomic E-state index is 0.0248. The molecule has 8 heteroatoms. The van der Waals surface area contributed by atoms with Gasteiger partial charge in [0.25, 0.3) is 5.91 Å². The van der Waals surface area contributed by atoms with Gasteiger partial charge < -0.3 is 10.1 Å². The molecule has 1 N–H and O–H groups in total. The second kappa shape index (κ2) is 8.01. The smallest absolute Gasteiger partial charge is 0.258 e. The van der Waals surface area contributed by atoms with Crippen LogP contribution in [0, 0.1) is 0 Å². The molecule has 0 radical (unpaired) electrons. The summed E-state index contributed by atoms with van der Waals surface area (Å²) in [6.07, 6.45) is 1.87. The van der Waals surface area contributed by atoms with Crippen LogP contribution in [0.4, 0.5) is 0 Å². The number of benzene rings is 1. The van der Waals surface area contributed by atoms with Crippen LogP contribution < -0.4 is 10.1 Å². The molecule has 0 unspecified atom stereocenters. The van der Waals surface area contributed by atoms with Crippen LogP contribution >= 0.6 is 23.5 Å². The van der Waals surface area contributed by atoms with Crippen LogP contribution in [0.25, 0.3) is 5.65 Å². The average Bonchev–Trinajstić information content (AvgIpc) is 3.35. The summed E-state index contributed by atoms with van der Waals surface area (Å²) in [5.41, 5.74) is 2.06. The van der Waals surface area contributed by atoms with Gasteiger partial charge in [-0.3, -0.25) is 9.20 Å². The maximum atomic E-state index is 12.0. The number of carbonyl (C=O) groups is 1. The van der Waals surface area contributed by atoms with Gasteiger partial charge in [-0.25, -0.2) is 0 Å². The molecule has 0 spiro atoms. The van der Waals surface area contributed by atoms with E-state index in [0.29, 0.717) is 22.7 Å². The summed E-state index contributed by atoms with van der Waals surface area (Å²) in [6, 6.07) is 13.7. The lowest BCUT2D eigenvalue weighted by atomic mass is 10.2. The normalized spacial score (nSPS) is 14.6. The van der Waals surface area contributed by atoms with Crippen molar-refractivity contribution in [2.24, 2.45) is 0 Å². The lowest BCUT2D eigenvalue weighted by molar-refractivity contribution is -0.123. The van der Waals surface area contributed by atoms with Crippen LogP contribution in [0.2, 0.25) is 0 Å². The summed E-state index contributed by atoms with van der Waals surface area (Å²) in [7, 11) is 0. The number of amides is 1. The van der Waals surface area contributed by atoms with E-state index in [9.17, 15) is 4.79 Å². The molecule has 0 bridgehead atoms. The quantitative estimate of drug-likeness (QED) is 0.703. The minimum Gasteiger partial charge on any atom is -0.484 e. The molecular weight excluding hydrogens is 368 g/mol. The number of ether oxygens (including phenoxy) is 1. The van der Waals surface area contributed by atoms with Gasteiger partial charge in [0, 0.05) is 17.7 Å². The third-order valence-corrected chi connectivity index (χ3v) is 7.08. The van der Waals surface area contributed by atoms with Crippen molar-refractivity contribution in [1.29, 1.82) is 0 Å². The molecular formula is C18H18N4O2S2. The van der Waals surface area contributed by atoms with Crippen LogP contribution in [-0.2, 0) is 11.3 Å². The second-order valence-electron chi connectivity index (χ2n) is 5.75. The van der Waals surface area contributed by atoms with Crippen LogP contribution in [0.5, 0.6) is 5.75 Å². The van der Waals surface area contributed by atoms with Gasteiger partial charge in [0.15, 0.2) is 18.1 Å². The van der Waals surface area contributed by atoms with E-state index in [0.717, 1.165) is 5.65 Å². The summed E-state index contributed by atoms with van der Waals surface area (Å²) >= 11 is 3.94. The topological polar surface area (TPSA) is 68.5 Å². The predicted octanol–water partition coefficient (Wildman–Crippen LogP) is 2.90. The van der Waals surface area contributed by atoms with Gasteiger partial charge in [0.05, 0.1) is 11.1 Å². The van der Waals surface area contributed by atoms with Crippen LogP contribution in [-0.4, -0.2) is 38.6 Å². The Bertz CT molecular complexity index is 892. The summed E-state index contributed by atoms with van der Waals surface area (Å²) in [4.78, 5) is 12.0. The van der Waals surface area contributed by atoms with Crippen molar-refractivity contribution in [2.75, 3.05) is 18.1 Å². The van der Waals surface area contributed by atoms with Crippen molar-refractivity contribution in [3.8, 4) is 5.75 Å². The van der Waals surface area contributed by atoms with E-state index < -0.39 is 0 Å². The average molecular weight is 387 g/mol. The maximum absolute atomic E-state index is 12.0. The number of rotatable bonds is 6. The van der Waals surface area contributed by atoms with Gasteiger partial charge in [-0.05, 0) is 29.8 Å². The van der Waals surface area contributed by atoms with Crippen LogP contribution in [0.3, 0.4) is 0 Å². The van der Waals surface area contributed by atoms with E-state index in [-0.39, 0.29) is 12.5 Å². The van der Waals surface area contributed by atoms with Crippen LogP contribution in [0.1, 0.15) is 16.0 Å². The van der Waals surface area contributed by atoms with Gasteiger partial charge in [-0.15, -0.1) is 33.7 Å². The number of aromatic nitrogens is 3. The van der Waals surface area contributed by atoms with Crippen molar-refractivity contribution >= 4 is 35.1 Å². The highest BCUT2D eigenvalue weighted by molar-refractivity contribution is 8.19. The standard InChI is InChI=1S/C18H18N4O2S2/c23-17(19-11-16-21-20-15-3-1-2-8-22(15)16)12-24-14-6-4-13(5-7-14)18-25-9-10-26-18/h1-8,18H,9-12H2,(H,19,23). The molecule has 134 valence electrons. The Hall–Kier alpha value is -2.19. The number of hydrogen-bond donors (Lipinski definition) is 1. The molecule has 3 aromatic rings. The number of hydrogen-bond acceptors (Lipinski definition) is 6. The van der Waals surface area contributed by atoms with Crippen molar-refractivity contribution in [1.82, 2.24) is 19.9 Å². The highest BCUT2D eigenvalue weighted by atomic mass is 32.2. The highest BCUT2D eigenvalue weighted by Gasteiger charge is 2.18. The number of fused-ring (bicyclic) bond motifs is 1. The highest BCUT2D eigenvalue weighted by Crippen LogP contribution is 2.45. The monoisotopic (exact) mass is 386 g/mol. The molecule has 0 atom stereocenters. The third-order valence-electron chi connectivity index (χ3n) is 3.97. The Balaban J connectivity index is 1.27. The Morgan fingerprint density at radius 3 is 2.77 bits per heavy atom. The summed E-state index contributed by atoms with van der Waals surface area (Å²) in [5, 5.41) is 11.0. The fourth-order valence-corrected chi connectivity index (χ4v) is 5.52. The molecule has 1 saturated heterocycles.